The summed E-state index contributed by atoms with van der Waals surface area (Å²) in [5.41, 5.74) is -2.71. The second-order valence-electron chi connectivity index (χ2n) is 5.61. The zero-order chi connectivity index (χ0) is 12.5. The van der Waals surface area contributed by atoms with Gasteiger partial charge in [-0.25, -0.2) is 0 Å². The molecule has 0 radical (unpaired) electrons. The summed E-state index contributed by atoms with van der Waals surface area (Å²) in [6.45, 7) is 10.3. The molecule has 0 fully saturated rings. The van der Waals surface area contributed by atoms with Crippen molar-refractivity contribution in [2.75, 3.05) is 0 Å². The van der Waals surface area contributed by atoms with E-state index < -0.39 is 17.7 Å². The monoisotopic (exact) mass is 225 g/mol. The summed E-state index contributed by atoms with van der Waals surface area (Å²) >= 11 is 0. The SMILES string of the molecule is [CH2-]C(CC(C)(C)C)CC(C)(O)C(F)(F)F. The molecule has 0 spiro atoms. The molecule has 0 bridgehead atoms. The van der Waals surface area contributed by atoms with Crippen molar-refractivity contribution in [3.63, 3.8) is 0 Å². The lowest BCUT2D eigenvalue weighted by Gasteiger charge is -2.35. The van der Waals surface area contributed by atoms with Crippen LogP contribution in [0.5, 0.6) is 0 Å². The van der Waals surface area contributed by atoms with Gasteiger partial charge in [0.15, 0.2) is 5.60 Å². The van der Waals surface area contributed by atoms with E-state index in [4.69, 9.17) is 0 Å². The third-order valence-electron chi connectivity index (χ3n) is 2.20. The van der Waals surface area contributed by atoms with Crippen LogP contribution in [0.3, 0.4) is 0 Å². The van der Waals surface area contributed by atoms with Crippen LogP contribution in [0.15, 0.2) is 0 Å². The Morgan fingerprint density at radius 1 is 1.07 bits per heavy atom. The number of rotatable bonds is 3. The van der Waals surface area contributed by atoms with Gasteiger partial charge in [0.2, 0.25) is 0 Å². The van der Waals surface area contributed by atoms with Crippen LogP contribution in [0.25, 0.3) is 0 Å². The number of hydrogen-bond donors (Lipinski definition) is 1. The molecular formula is C11H20F3O-. The summed E-state index contributed by atoms with van der Waals surface area (Å²) in [4.78, 5) is 0. The van der Waals surface area contributed by atoms with Gasteiger partial charge in [-0.3, -0.25) is 0 Å². The maximum atomic E-state index is 12.3. The zero-order valence-corrected chi connectivity index (χ0v) is 9.78. The molecule has 0 amide bonds. The Bertz CT molecular complexity index is 201. The van der Waals surface area contributed by atoms with Crippen LogP contribution >= 0.6 is 0 Å². The first-order valence-corrected chi connectivity index (χ1v) is 4.97. The zero-order valence-electron chi connectivity index (χ0n) is 9.78. The van der Waals surface area contributed by atoms with Crippen LogP contribution in [-0.2, 0) is 0 Å². The first-order valence-electron chi connectivity index (χ1n) is 4.97. The maximum Gasteiger partial charge on any atom is 0.416 e. The van der Waals surface area contributed by atoms with E-state index in [2.05, 4.69) is 6.92 Å². The molecule has 2 unspecified atom stereocenters. The summed E-state index contributed by atoms with van der Waals surface area (Å²) in [6.07, 6.45) is -4.38. The van der Waals surface area contributed by atoms with E-state index in [-0.39, 0.29) is 11.8 Å². The van der Waals surface area contributed by atoms with E-state index in [1.54, 1.807) is 0 Å². The van der Waals surface area contributed by atoms with Gasteiger partial charge in [0.1, 0.15) is 0 Å². The molecule has 0 aliphatic heterocycles. The Labute approximate surface area is 89.7 Å². The maximum absolute atomic E-state index is 12.3. The van der Waals surface area contributed by atoms with E-state index in [1.165, 1.54) is 0 Å². The summed E-state index contributed by atoms with van der Waals surface area (Å²) < 4.78 is 37.0. The topological polar surface area (TPSA) is 20.2 Å². The molecule has 0 rings (SSSR count). The quantitative estimate of drug-likeness (QED) is 0.728. The van der Waals surface area contributed by atoms with Crippen molar-refractivity contribution in [1.82, 2.24) is 0 Å². The minimum absolute atomic E-state index is 0.0753. The van der Waals surface area contributed by atoms with Crippen LogP contribution in [0, 0.1) is 18.3 Å². The van der Waals surface area contributed by atoms with Crippen molar-refractivity contribution in [2.45, 2.75) is 52.3 Å². The fourth-order valence-electron chi connectivity index (χ4n) is 1.62. The standard InChI is InChI=1S/C11H20F3O/c1-8(6-9(2,3)4)7-10(5,15)11(12,13)14/h8,15H,1,6-7H2,2-5H3/q-1. The highest BCUT2D eigenvalue weighted by molar-refractivity contribution is 4.86. The fraction of sp³-hybridized carbons (Fsp3) is 0.909. The molecule has 92 valence electrons. The van der Waals surface area contributed by atoms with Crippen molar-refractivity contribution in [2.24, 2.45) is 11.3 Å². The van der Waals surface area contributed by atoms with Crippen molar-refractivity contribution >= 4 is 0 Å². The molecule has 1 N–H and O–H groups in total. The molecule has 1 nitrogen and oxygen atoms in total. The predicted octanol–water partition coefficient (Wildman–Crippen LogP) is 3.58. The Morgan fingerprint density at radius 2 is 1.47 bits per heavy atom. The van der Waals surface area contributed by atoms with Crippen LogP contribution in [0.1, 0.15) is 40.5 Å². The van der Waals surface area contributed by atoms with Crippen LogP contribution in [0.4, 0.5) is 13.2 Å². The second-order valence-corrected chi connectivity index (χ2v) is 5.61. The first kappa shape index (κ1) is 14.8. The van der Waals surface area contributed by atoms with Gasteiger partial charge in [0.05, 0.1) is 0 Å². The normalized spacial score (nSPS) is 19.8. The third-order valence-corrected chi connectivity index (χ3v) is 2.20. The van der Waals surface area contributed by atoms with Gasteiger partial charge < -0.3 is 12.0 Å². The van der Waals surface area contributed by atoms with E-state index in [9.17, 15) is 18.3 Å². The van der Waals surface area contributed by atoms with Crippen molar-refractivity contribution in [3.8, 4) is 0 Å². The summed E-state index contributed by atoms with van der Waals surface area (Å²) in [7, 11) is 0. The Balaban J connectivity index is 4.36. The smallest absolute Gasteiger partial charge is 0.381 e. The molecule has 15 heavy (non-hydrogen) atoms. The second kappa shape index (κ2) is 4.32. The highest BCUT2D eigenvalue weighted by atomic mass is 19.4. The van der Waals surface area contributed by atoms with Gasteiger partial charge in [-0.1, -0.05) is 27.2 Å². The van der Waals surface area contributed by atoms with Gasteiger partial charge in [-0.05, 0) is 18.8 Å². The largest absolute Gasteiger partial charge is 0.416 e. The lowest BCUT2D eigenvalue weighted by Crippen LogP contribution is -2.43. The van der Waals surface area contributed by atoms with Crippen LogP contribution in [-0.4, -0.2) is 16.9 Å². The molecule has 2 atom stereocenters. The predicted molar refractivity (Wildman–Crippen MR) is 54.2 cm³/mol. The minimum atomic E-state index is -4.58. The van der Waals surface area contributed by atoms with Gasteiger partial charge in [0, 0.05) is 0 Å². The third kappa shape index (κ3) is 5.40. The molecule has 0 saturated heterocycles. The van der Waals surface area contributed by atoms with Gasteiger partial charge in [0.25, 0.3) is 0 Å². The molecule has 0 heterocycles. The molecule has 0 aromatic carbocycles. The van der Waals surface area contributed by atoms with Crippen LogP contribution < -0.4 is 0 Å². The average molecular weight is 225 g/mol. The molecule has 0 aromatic rings. The van der Waals surface area contributed by atoms with E-state index >= 15 is 0 Å². The Hall–Kier alpha value is -0.250. The first-order chi connectivity index (χ1) is 6.35. The summed E-state index contributed by atoms with van der Waals surface area (Å²) in [6, 6.07) is 0. The fourth-order valence-corrected chi connectivity index (χ4v) is 1.62. The van der Waals surface area contributed by atoms with E-state index in [0.717, 1.165) is 6.92 Å². The molecule has 0 aliphatic rings. The van der Waals surface area contributed by atoms with Crippen molar-refractivity contribution in [1.29, 1.82) is 0 Å². The molecular weight excluding hydrogens is 205 g/mol. The average Bonchev–Trinajstić information content (AvgIpc) is 1.75. The number of halogens is 3. The number of aliphatic hydroxyl groups is 1. The van der Waals surface area contributed by atoms with Crippen LogP contribution in [0.2, 0.25) is 0 Å². The Morgan fingerprint density at radius 3 is 1.73 bits per heavy atom. The highest BCUT2D eigenvalue weighted by Gasteiger charge is 2.49. The van der Waals surface area contributed by atoms with E-state index in [0.29, 0.717) is 6.42 Å². The molecule has 0 aromatic heterocycles. The lowest BCUT2D eigenvalue weighted by atomic mass is 9.80. The summed E-state index contributed by atoms with van der Waals surface area (Å²) in [5.74, 6) is -0.401. The Kier molecular flexibility index (Phi) is 4.25. The number of alkyl halides is 3. The van der Waals surface area contributed by atoms with Gasteiger partial charge >= 0.3 is 6.18 Å². The minimum Gasteiger partial charge on any atom is -0.381 e. The van der Waals surface area contributed by atoms with E-state index in [1.807, 2.05) is 20.8 Å². The molecule has 4 heteroatoms. The molecule has 0 saturated carbocycles. The lowest BCUT2D eigenvalue weighted by molar-refractivity contribution is -0.258. The molecule has 0 aliphatic carbocycles. The highest BCUT2D eigenvalue weighted by Crippen LogP contribution is 2.37. The number of hydrogen-bond acceptors (Lipinski definition) is 1. The van der Waals surface area contributed by atoms with Crippen molar-refractivity contribution in [3.05, 3.63) is 6.92 Å². The van der Waals surface area contributed by atoms with Crippen molar-refractivity contribution < 1.29 is 18.3 Å². The summed E-state index contributed by atoms with van der Waals surface area (Å²) in [5, 5.41) is 9.25. The van der Waals surface area contributed by atoms with Gasteiger partial charge in [-0.15, -0.1) is 0 Å². The van der Waals surface area contributed by atoms with Gasteiger partial charge in [-0.2, -0.15) is 19.1 Å².